The molecule has 0 radical (unpaired) electrons. The molecule has 1 aliphatic rings. The van der Waals surface area contributed by atoms with Gasteiger partial charge < -0.3 is 10.0 Å². The molecule has 0 aromatic carbocycles. The van der Waals surface area contributed by atoms with Gasteiger partial charge in [0.2, 0.25) is 0 Å². The summed E-state index contributed by atoms with van der Waals surface area (Å²) in [6, 6.07) is 1.61. The Kier molecular flexibility index (Phi) is 4.55. The molecule has 0 spiro atoms. The van der Waals surface area contributed by atoms with E-state index in [9.17, 15) is 15.2 Å². The van der Waals surface area contributed by atoms with Crippen LogP contribution in [-0.4, -0.2) is 34.2 Å². The standard InChI is InChI=1S/C12H16ClN3O3/c13-11-7-10(16(18)19)8-14-12(11)15(5-6-17)9-3-1-2-4-9/h7-9,17H,1-6H2. The Morgan fingerprint density at radius 3 is 2.74 bits per heavy atom. The van der Waals surface area contributed by atoms with E-state index < -0.39 is 4.92 Å². The van der Waals surface area contributed by atoms with Crippen LogP contribution in [0.1, 0.15) is 25.7 Å². The maximum Gasteiger partial charge on any atom is 0.289 e. The van der Waals surface area contributed by atoms with Gasteiger partial charge >= 0.3 is 0 Å². The van der Waals surface area contributed by atoms with Crippen LogP contribution in [0, 0.1) is 10.1 Å². The number of hydrogen-bond acceptors (Lipinski definition) is 5. The number of aliphatic hydroxyl groups is 1. The summed E-state index contributed by atoms with van der Waals surface area (Å²) in [4.78, 5) is 16.2. The molecule has 1 aliphatic carbocycles. The van der Waals surface area contributed by atoms with Crippen LogP contribution in [0.3, 0.4) is 0 Å². The Hall–Kier alpha value is -1.40. The molecule has 0 aliphatic heterocycles. The normalized spacial score (nSPS) is 15.7. The van der Waals surface area contributed by atoms with E-state index in [-0.39, 0.29) is 17.3 Å². The van der Waals surface area contributed by atoms with Crippen molar-refractivity contribution < 1.29 is 10.0 Å². The van der Waals surface area contributed by atoms with E-state index in [1.54, 1.807) is 0 Å². The van der Waals surface area contributed by atoms with Crippen LogP contribution in [0.2, 0.25) is 5.02 Å². The first-order valence-corrected chi connectivity index (χ1v) is 6.68. The molecule has 0 unspecified atom stereocenters. The molecule has 7 heteroatoms. The van der Waals surface area contributed by atoms with E-state index in [2.05, 4.69) is 4.98 Å². The number of nitrogens with zero attached hydrogens (tertiary/aromatic N) is 3. The zero-order chi connectivity index (χ0) is 13.8. The summed E-state index contributed by atoms with van der Waals surface area (Å²) in [5, 5.41) is 20.1. The van der Waals surface area contributed by atoms with Crippen LogP contribution in [0.15, 0.2) is 12.3 Å². The SMILES string of the molecule is O=[N+]([O-])c1cnc(N(CCO)C2CCCC2)c(Cl)c1. The van der Waals surface area contributed by atoms with Crippen molar-refractivity contribution in [2.45, 2.75) is 31.7 Å². The molecule has 1 aromatic heterocycles. The highest BCUT2D eigenvalue weighted by Gasteiger charge is 2.25. The zero-order valence-electron chi connectivity index (χ0n) is 10.5. The molecule has 6 nitrogen and oxygen atoms in total. The highest BCUT2D eigenvalue weighted by Crippen LogP contribution is 2.32. The molecule has 104 valence electrons. The van der Waals surface area contributed by atoms with Gasteiger partial charge in [-0.2, -0.15) is 0 Å². The Morgan fingerprint density at radius 2 is 2.21 bits per heavy atom. The van der Waals surface area contributed by atoms with Crippen molar-refractivity contribution in [3.8, 4) is 0 Å². The fraction of sp³-hybridized carbons (Fsp3) is 0.583. The summed E-state index contributed by atoms with van der Waals surface area (Å²) >= 11 is 6.09. The van der Waals surface area contributed by atoms with E-state index in [0.717, 1.165) is 25.7 Å². The summed E-state index contributed by atoms with van der Waals surface area (Å²) in [6.07, 6.45) is 5.58. The number of aromatic nitrogens is 1. The van der Waals surface area contributed by atoms with Gasteiger partial charge in [-0.1, -0.05) is 24.4 Å². The number of halogens is 1. The van der Waals surface area contributed by atoms with E-state index in [1.807, 2.05) is 4.90 Å². The van der Waals surface area contributed by atoms with Crippen LogP contribution in [-0.2, 0) is 0 Å². The summed E-state index contributed by atoms with van der Waals surface area (Å²) in [5.41, 5.74) is -0.121. The molecule has 0 amide bonds. The van der Waals surface area contributed by atoms with E-state index >= 15 is 0 Å². The van der Waals surface area contributed by atoms with Crippen molar-refractivity contribution in [3.05, 3.63) is 27.4 Å². The van der Waals surface area contributed by atoms with Gasteiger partial charge in [-0.25, -0.2) is 4.98 Å². The molecule has 0 atom stereocenters. The average molecular weight is 286 g/mol. The second-order valence-corrected chi connectivity index (χ2v) is 5.02. The van der Waals surface area contributed by atoms with Gasteiger partial charge in [0.15, 0.2) is 0 Å². The zero-order valence-corrected chi connectivity index (χ0v) is 11.2. The van der Waals surface area contributed by atoms with Crippen LogP contribution < -0.4 is 4.90 Å². The van der Waals surface area contributed by atoms with Crippen molar-refractivity contribution >= 4 is 23.1 Å². The third kappa shape index (κ3) is 3.13. The molecule has 1 heterocycles. The second kappa shape index (κ2) is 6.16. The molecule has 2 rings (SSSR count). The van der Waals surface area contributed by atoms with Crippen molar-refractivity contribution in [2.75, 3.05) is 18.1 Å². The fourth-order valence-electron chi connectivity index (χ4n) is 2.52. The fourth-order valence-corrected chi connectivity index (χ4v) is 2.79. The summed E-state index contributed by atoms with van der Waals surface area (Å²) < 4.78 is 0. The Morgan fingerprint density at radius 1 is 1.53 bits per heavy atom. The Labute approximate surface area is 116 Å². The lowest BCUT2D eigenvalue weighted by Gasteiger charge is -2.29. The van der Waals surface area contributed by atoms with Crippen molar-refractivity contribution in [1.82, 2.24) is 4.98 Å². The Balaban J connectivity index is 2.28. The van der Waals surface area contributed by atoms with Crippen molar-refractivity contribution in [1.29, 1.82) is 0 Å². The Bertz CT molecular complexity index is 464. The van der Waals surface area contributed by atoms with Crippen LogP contribution in [0.25, 0.3) is 0 Å². The lowest BCUT2D eigenvalue weighted by molar-refractivity contribution is -0.385. The third-order valence-electron chi connectivity index (χ3n) is 3.40. The van der Waals surface area contributed by atoms with Crippen molar-refractivity contribution in [2.24, 2.45) is 0 Å². The highest BCUT2D eigenvalue weighted by atomic mass is 35.5. The van der Waals surface area contributed by atoms with Gasteiger partial charge in [-0.15, -0.1) is 0 Å². The molecular weight excluding hydrogens is 270 g/mol. The molecule has 0 saturated heterocycles. The average Bonchev–Trinajstić information content (AvgIpc) is 2.90. The van der Waals surface area contributed by atoms with Crippen molar-refractivity contribution in [3.63, 3.8) is 0 Å². The molecule has 0 bridgehead atoms. The lowest BCUT2D eigenvalue weighted by Crippen LogP contribution is -2.36. The maximum absolute atomic E-state index is 10.7. The minimum Gasteiger partial charge on any atom is -0.395 e. The first-order valence-electron chi connectivity index (χ1n) is 6.31. The molecule has 19 heavy (non-hydrogen) atoms. The first-order chi connectivity index (χ1) is 9.13. The van der Waals surface area contributed by atoms with Gasteiger partial charge in [0, 0.05) is 18.7 Å². The molecular formula is C12H16ClN3O3. The van der Waals surface area contributed by atoms with Gasteiger partial charge in [0.25, 0.3) is 5.69 Å². The van der Waals surface area contributed by atoms with E-state index in [0.29, 0.717) is 18.4 Å². The molecule has 1 N–H and O–H groups in total. The van der Waals surface area contributed by atoms with Crippen LogP contribution in [0.5, 0.6) is 0 Å². The predicted octanol–water partition coefficient (Wildman–Crippen LogP) is 2.38. The van der Waals surface area contributed by atoms with E-state index in [1.165, 1.54) is 12.3 Å². The van der Waals surface area contributed by atoms with Crippen LogP contribution in [0.4, 0.5) is 11.5 Å². The van der Waals surface area contributed by atoms with Gasteiger partial charge in [-0.05, 0) is 12.8 Å². The minimum atomic E-state index is -0.519. The molecule has 1 fully saturated rings. The monoisotopic (exact) mass is 285 g/mol. The minimum absolute atomic E-state index is 0.00545. The predicted molar refractivity (Wildman–Crippen MR) is 72.6 cm³/mol. The number of aliphatic hydroxyl groups excluding tert-OH is 1. The summed E-state index contributed by atoms with van der Waals surface area (Å²) in [5.74, 6) is 0.521. The topological polar surface area (TPSA) is 79.5 Å². The summed E-state index contributed by atoms with van der Waals surface area (Å²) in [6.45, 7) is 0.445. The van der Waals surface area contributed by atoms with Gasteiger partial charge in [-0.3, -0.25) is 10.1 Å². The third-order valence-corrected chi connectivity index (χ3v) is 3.67. The largest absolute Gasteiger partial charge is 0.395 e. The number of pyridine rings is 1. The number of anilines is 1. The van der Waals surface area contributed by atoms with E-state index in [4.69, 9.17) is 11.6 Å². The second-order valence-electron chi connectivity index (χ2n) is 4.61. The number of hydrogen-bond donors (Lipinski definition) is 1. The number of nitro groups is 1. The maximum atomic E-state index is 10.7. The smallest absolute Gasteiger partial charge is 0.289 e. The lowest BCUT2D eigenvalue weighted by atomic mass is 10.2. The van der Waals surface area contributed by atoms with Gasteiger partial charge in [0.1, 0.15) is 12.0 Å². The quantitative estimate of drug-likeness (QED) is 0.664. The highest BCUT2D eigenvalue weighted by molar-refractivity contribution is 6.33. The molecule has 1 saturated carbocycles. The first kappa shape index (κ1) is 14.0. The van der Waals surface area contributed by atoms with Gasteiger partial charge in [0.05, 0.1) is 16.6 Å². The number of rotatable bonds is 5. The van der Waals surface area contributed by atoms with Crippen LogP contribution >= 0.6 is 11.6 Å². The molecule has 1 aromatic rings. The summed E-state index contributed by atoms with van der Waals surface area (Å²) in [7, 11) is 0.